The van der Waals surface area contributed by atoms with Crippen LogP contribution >= 0.6 is 0 Å². The molecule has 0 saturated carbocycles. The fourth-order valence-electron chi connectivity index (χ4n) is 4.33. The highest BCUT2D eigenvalue weighted by Crippen LogP contribution is 2.38. The minimum Gasteiger partial charge on any atom is -0.245 e. The van der Waals surface area contributed by atoms with Crippen LogP contribution in [0.25, 0.3) is 22.5 Å². The molecule has 0 N–H and O–H groups in total. The molecule has 148 valence electrons. The zero-order valence-electron chi connectivity index (χ0n) is 20.4. The van der Waals surface area contributed by atoms with Gasteiger partial charge in [0.1, 0.15) is 47.1 Å². The highest BCUT2D eigenvalue weighted by molar-refractivity contribution is 6.64. The van der Waals surface area contributed by atoms with E-state index in [0.29, 0.717) is 38.9 Å². The number of aromatic nitrogens is 2. The highest BCUT2D eigenvalue weighted by Gasteiger charge is 2.30. The molecular formula is C24H21B7N2. The van der Waals surface area contributed by atoms with E-state index in [1.807, 2.05) is 27.7 Å². The number of nitrogens with zero attached hydrogens (tertiary/aromatic N) is 2. The van der Waals surface area contributed by atoms with Gasteiger partial charge in [0.05, 0.1) is 17.1 Å². The van der Waals surface area contributed by atoms with Crippen molar-refractivity contribution in [2.75, 3.05) is 0 Å². The van der Waals surface area contributed by atoms with Crippen molar-refractivity contribution in [3.05, 3.63) is 27.8 Å². The van der Waals surface area contributed by atoms with Gasteiger partial charge in [0.2, 0.25) is 0 Å². The van der Waals surface area contributed by atoms with Crippen molar-refractivity contribution in [2.24, 2.45) is 0 Å². The van der Waals surface area contributed by atoms with Crippen molar-refractivity contribution >= 4 is 93.4 Å². The van der Waals surface area contributed by atoms with Crippen molar-refractivity contribution in [2.45, 2.75) is 53.9 Å². The Kier molecular flexibility index (Phi) is 6.70. The number of hydrogen-bond acceptors (Lipinski definition) is 2. The lowest BCUT2D eigenvalue weighted by Crippen LogP contribution is -2.49. The Labute approximate surface area is 207 Å². The van der Waals surface area contributed by atoms with Crippen LogP contribution in [0.1, 0.15) is 48.6 Å². The predicted molar refractivity (Wildman–Crippen MR) is 148 cm³/mol. The lowest BCUT2D eigenvalue weighted by molar-refractivity contribution is 0.589. The Balaban J connectivity index is 2.61. The van der Waals surface area contributed by atoms with Gasteiger partial charge in [-0.2, -0.15) is 0 Å². The normalized spacial score (nSPS) is 11.7. The number of hydrogen-bond donors (Lipinski definition) is 0. The summed E-state index contributed by atoms with van der Waals surface area (Å²) in [6.45, 7) is 14.0. The van der Waals surface area contributed by atoms with E-state index in [0.717, 1.165) is 27.8 Å². The van der Waals surface area contributed by atoms with Gasteiger partial charge in [-0.05, 0) is 60.9 Å². The topological polar surface area (TPSA) is 25.8 Å². The molecule has 33 heavy (non-hydrogen) atoms. The standard InChI is InChI=1S/C24H21B7N2/c1-8-9(2)12(17(27)15(25)10(8)3)21-14(24(5,6)7)22(33-23(31)32-21)13-11(4)16(26)19(29)20(30)18(13)28/h1-7H3. The Hall–Kier alpha value is -2.03. The summed E-state index contributed by atoms with van der Waals surface area (Å²) in [4.78, 5) is 9.27. The van der Waals surface area contributed by atoms with Crippen molar-refractivity contribution in [3.63, 3.8) is 0 Å². The molecule has 0 unspecified atom stereocenters. The van der Waals surface area contributed by atoms with E-state index in [1.54, 1.807) is 0 Å². The first-order valence-corrected chi connectivity index (χ1v) is 10.7. The third-order valence-electron chi connectivity index (χ3n) is 6.53. The average molecular weight is 413 g/mol. The van der Waals surface area contributed by atoms with Crippen LogP contribution in [0.3, 0.4) is 0 Å². The Morgan fingerprint density at radius 2 is 0.879 bits per heavy atom. The maximum atomic E-state index is 6.56. The predicted octanol–water partition coefficient (Wildman–Crippen LogP) is -2.10. The zero-order valence-corrected chi connectivity index (χ0v) is 20.4. The first-order chi connectivity index (χ1) is 15.1. The molecule has 3 aromatic rings. The van der Waals surface area contributed by atoms with Crippen molar-refractivity contribution in [1.82, 2.24) is 9.97 Å². The van der Waals surface area contributed by atoms with Crippen LogP contribution < -0.4 is 38.5 Å². The summed E-state index contributed by atoms with van der Waals surface area (Å²) >= 11 is 0. The van der Waals surface area contributed by atoms with Gasteiger partial charge in [0.25, 0.3) is 0 Å². The van der Waals surface area contributed by atoms with Crippen LogP contribution in [-0.4, -0.2) is 64.9 Å². The van der Waals surface area contributed by atoms with Gasteiger partial charge in [-0.15, -0.1) is 16.4 Å². The molecule has 0 amide bonds. The van der Waals surface area contributed by atoms with Crippen molar-refractivity contribution in [3.8, 4) is 22.5 Å². The van der Waals surface area contributed by atoms with E-state index in [2.05, 4.69) is 30.7 Å². The average Bonchev–Trinajstić information content (AvgIpc) is 2.72. The molecule has 0 spiro atoms. The van der Waals surface area contributed by atoms with E-state index >= 15 is 0 Å². The van der Waals surface area contributed by atoms with Crippen LogP contribution in [0, 0.1) is 27.7 Å². The number of benzene rings is 2. The number of rotatable bonds is 2. The minimum atomic E-state index is -0.436. The summed E-state index contributed by atoms with van der Waals surface area (Å²) in [6, 6.07) is 0. The molecule has 2 nitrogen and oxygen atoms in total. The van der Waals surface area contributed by atoms with Crippen LogP contribution in [-0.2, 0) is 5.41 Å². The molecule has 0 fully saturated rings. The quantitative estimate of drug-likeness (QED) is 0.450. The molecule has 0 saturated heterocycles. The third-order valence-corrected chi connectivity index (χ3v) is 6.53. The maximum absolute atomic E-state index is 6.56. The van der Waals surface area contributed by atoms with Crippen LogP contribution in [0.2, 0.25) is 0 Å². The maximum Gasteiger partial charge on any atom is 0.170 e. The van der Waals surface area contributed by atoms with Gasteiger partial charge in [-0.25, -0.2) is 9.97 Å². The van der Waals surface area contributed by atoms with Crippen LogP contribution in [0.4, 0.5) is 0 Å². The van der Waals surface area contributed by atoms with E-state index < -0.39 is 5.41 Å². The summed E-state index contributed by atoms with van der Waals surface area (Å²) in [6.07, 6.45) is 0. The van der Waals surface area contributed by atoms with Crippen LogP contribution in [0.15, 0.2) is 0 Å². The molecule has 14 radical (unpaired) electrons. The highest BCUT2D eigenvalue weighted by atomic mass is 14.9. The van der Waals surface area contributed by atoms with Gasteiger partial charge >= 0.3 is 0 Å². The molecular weight excluding hydrogens is 392 g/mol. The van der Waals surface area contributed by atoms with Gasteiger partial charge in [-0.1, -0.05) is 42.7 Å². The van der Waals surface area contributed by atoms with Gasteiger partial charge in [0, 0.05) is 5.56 Å². The van der Waals surface area contributed by atoms with Crippen LogP contribution in [0.5, 0.6) is 0 Å². The second-order valence-corrected chi connectivity index (χ2v) is 9.64. The Morgan fingerprint density at radius 3 is 1.36 bits per heavy atom. The summed E-state index contributed by atoms with van der Waals surface area (Å²) in [7, 11) is 44.2. The largest absolute Gasteiger partial charge is 0.245 e. The fourth-order valence-corrected chi connectivity index (χ4v) is 4.33. The molecule has 0 bridgehead atoms. The summed E-state index contributed by atoms with van der Waals surface area (Å²) < 4.78 is 0. The monoisotopic (exact) mass is 414 g/mol. The first-order valence-electron chi connectivity index (χ1n) is 10.7. The molecule has 1 aromatic heterocycles. The van der Waals surface area contributed by atoms with E-state index in [4.69, 9.17) is 54.9 Å². The molecule has 0 aliphatic rings. The lowest BCUT2D eigenvalue weighted by atomic mass is 9.62. The zero-order chi connectivity index (χ0) is 25.2. The Bertz CT molecular complexity index is 1160. The molecule has 0 aliphatic carbocycles. The summed E-state index contributed by atoms with van der Waals surface area (Å²) in [5.41, 5.74) is 8.53. The Morgan fingerprint density at radius 1 is 0.485 bits per heavy atom. The van der Waals surface area contributed by atoms with Gasteiger partial charge in [0.15, 0.2) is 7.85 Å². The lowest BCUT2D eigenvalue weighted by Gasteiger charge is -2.30. The second-order valence-electron chi connectivity index (χ2n) is 9.64. The molecule has 0 aliphatic heterocycles. The fraction of sp³-hybridized carbons (Fsp3) is 0.333. The van der Waals surface area contributed by atoms with E-state index in [1.165, 1.54) is 0 Å². The van der Waals surface area contributed by atoms with Crippen molar-refractivity contribution in [1.29, 1.82) is 0 Å². The summed E-state index contributed by atoms with van der Waals surface area (Å²) in [5, 5.41) is 0. The molecule has 0 atom stereocenters. The third kappa shape index (κ3) is 4.06. The first kappa shape index (κ1) is 25.6. The van der Waals surface area contributed by atoms with E-state index in [-0.39, 0.29) is 22.1 Å². The minimum absolute atomic E-state index is 0.0661. The summed E-state index contributed by atoms with van der Waals surface area (Å²) in [5.74, 6) is 0. The van der Waals surface area contributed by atoms with Gasteiger partial charge in [-0.3, -0.25) is 0 Å². The van der Waals surface area contributed by atoms with Gasteiger partial charge < -0.3 is 0 Å². The molecule has 9 heteroatoms. The SMILES string of the molecule is [B]c1nc(-c2c([B])c([B])c([B])c([B])c2C)c(C(C)(C)C)c(-c2c([B])c([B])c(C)c(C)c2C)n1. The second kappa shape index (κ2) is 8.64. The molecule has 3 rings (SSSR count). The smallest absolute Gasteiger partial charge is 0.170 e. The van der Waals surface area contributed by atoms with E-state index in [9.17, 15) is 0 Å². The molecule has 2 aromatic carbocycles. The molecule has 1 heterocycles. The van der Waals surface area contributed by atoms with Crippen molar-refractivity contribution < 1.29 is 0 Å².